The Bertz CT molecular complexity index is 242. The normalized spacial score (nSPS) is 21.3. The van der Waals surface area contributed by atoms with E-state index in [1.807, 2.05) is 0 Å². The molecule has 0 saturated carbocycles. The van der Waals surface area contributed by atoms with Crippen LogP contribution in [0.4, 0.5) is 0 Å². The topological polar surface area (TPSA) is 89.5 Å². The van der Waals surface area contributed by atoms with E-state index in [1.165, 1.54) is 11.1 Å². The number of hydrogen-bond donors (Lipinski definition) is 1. The van der Waals surface area contributed by atoms with Gasteiger partial charge in [0.2, 0.25) is 5.91 Å². The van der Waals surface area contributed by atoms with Crippen molar-refractivity contribution in [3.63, 3.8) is 0 Å². The number of carbonyl (C=O) groups is 1. The van der Waals surface area contributed by atoms with Gasteiger partial charge in [-0.15, -0.1) is 0 Å². The average Bonchev–Trinajstić information content (AvgIpc) is 2.33. The second-order valence-electron chi connectivity index (χ2n) is 2.17. The number of rotatable bonds is 3. The Morgan fingerprint density at radius 2 is 2.50 bits per heavy atom. The predicted molar refractivity (Wildman–Crippen MR) is 43.4 cm³/mol. The van der Waals surface area contributed by atoms with Crippen LogP contribution < -0.4 is 5.73 Å². The fraction of sp³-hybridized carbons (Fsp3) is 0.400. The summed E-state index contributed by atoms with van der Waals surface area (Å²) in [4.78, 5) is 21.6. The SMILES string of the molecule is NC(=O)CN1C=CSC1[N+](=O)[O-]. The molecular weight excluding hydrogens is 182 g/mol. The first-order chi connectivity index (χ1) is 5.61. The van der Waals surface area contributed by atoms with E-state index < -0.39 is 16.3 Å². The smallest absolute Gasteiger partial charge is 0.338 e. The van der Waals surface area contributed by atoms with Crippen molar-refractivity contribution in [1.29, 1.82) is 0 Å². The van der Waals surface area contributed by atoms with Gasteiger partial charge in [-0.2, -0.15) is 0 Å². The summed E-state index contributed by atoms with van der Waals surface area (Å²) in [7, 11) is 0. The van der Waals surface area contributed by atoms with E-state index in [2.05, 4.69) is 0 Å². The van der Waals surface area contributed by atoms with Gasteiger partial charge in [0.05, 0.1) is 4.92 Å². The summed E-state index contributed by atoms with van der Waals surface area (Å²) in [5.41, 5.74) is 3.98. The number of hydrogen-bond acceptors (Lipinski definition) is 5. The second-order valence-corrected chi connectivity index (χ2v) is 3.14. The van der Waals surface area contributed by atoms with Gasteiger partial charge in [0, 0.05) is 6.20 Å². The van der Waals surface area contributed by atoms with Crippen molar-refractivity contribution in [3.8, 4) is 0 Å². The van der Waals surface area contributed by atoms with Gasteiger partial charge in [0.15, 0.2) is 0 Å². The lowest BCUT2D eigenvalue weighted by atomic mass is 10.5. The fourth-order valence-corrected chi connectivity index (χ4v) is 1.58. The monoisotopic (exact) mass is 189 g/mol. The standard InChI is InChI=1S/C5H7N3O3S/c6-4(9)3-7-1-2-12-5(7)8(10)11/h1-2,5H,3H2,(H2,6,9). The molecule has 12 heavy (non-hydrogen) atoms. The number of thioether (sulfide) groups is 1. The Labute approximate surface area is 72.5 Å². The molecule has 0 aromatic rings. The molecule has 1 rings (SSSR count). The van der Waals surface area contributed by atoms with Gasteiger partial charge in [0.1, 0.15) is 6.54 Å². The van der Waals surface area contributed by atoms with Crippen LogP contribution in [0.15, 0.2) is 11.6 Å². The van der Waals surface area contributed by atoms with E-state index in [1.54, 1.807) is 5.41 Å². The van der Waals surface area contributed by atoms with Crippen LogP contribution in [-0.2, 0) is 4.79 Å². The highest BCUT2D eigenvalue weighted by Gasteiger charge is 2.30. The molecule has 6 nitrogen and oxygen atoms in total. The molecule has 1 atom stereocenters. The number of amides is 1. The first-order valence-electron chi connectivity index (χ1n) is 3.11. The van der Waals surface area contributed by atoms with Crippen molar-refractivity contribution in [1.82, 2.24) is 4.90 Å². The van der Waals surface area contributed by atoms with Gasteiger partial charge in [-0.3, -0.25) is 19.8 Å². The summed E-state index contributed by atoms with van der Waals surface area (Å²) in [5, 5.41) is 11.9. The lowest BCUT2D eigenvalue weighted by Gasteiger charge is -2.15. The quantitative estimate of drug-likeness (QED) is 0.479. The van der Waals surface area contributed by atoms with E-state index in [0.29, 0.717) is 0 Å². The first-order valence-corrected chi connectivity index (χ1v) is 4.05. The van der Waals surface area contributed by atoms with Gasteiger partial charge < -0.3 is 5.73 Å². The molecule has 0 fully saturated rings. The van der Waals surface area contributed by atoms with Gasteiger partial charge in [0.25, 0.3) is 0 Å². The van der Waals surface area contributed by atoms with Crippen molar-refractivity contribution in [2.45, 2.75) is 5.50 Å². The molecule has 7 heteroatoms. The van der Waals surface area contributed by atoms with Crippen molar-refractivity contribution < 1.29 is 9.72 Å². The van der Waals surface area contributed by atoms with Gasteiger partial charge >= 0.3 is 5.50 Å². The molecule has 0 bridgehead atoms. The van der Waals surface area contributed by atoms with Crippen molar-refractivity contribution in [3.05, 3.63) is 21.7 Å². The van der Waals surface area contributed by atoms with Crippen molar-refractivity contribution >= 4 is 17.7 Å². The molecule has 1 aliphatic heterocycles. The molecule has 0 aromatic carbocycles. The number of nitrogens with zero attached hydrogens (tertiary/aromatic N) is 2. The lowest BCUT2D eigenvalue weighted by Crippen LogP contribution is -2.37. The Hall–Kier alpha value is -1.24. The third-order valence-electron chi connectivity index (χ3n) is 1.26. The first kappa shape index (κ1) is 8.85. The zero-order valence-corrected chi connectivity index (χ0v) is 6.86. The van der Waals surface area contributed by atoms with Crippen LogP contribution in [-0.4, -0.2) is 27.8 Å². The van der Waals surface area contributed by atoms with E-state index in [-0.39, 0.29) is 6.54 Å². The molecule has 1 heterocycles. The number of primary amides is 1. The van der Waals surface area contributed by atoms with Crippen molar-refractivity contribution in [2.75, 3.05) is 6.54 Å². The Morgan fingerprint density at radius 1 is 1.83 bits per heavy atom. The van der Waals surface area contributed by atoms with Gasteiger partial charge in [-0.25, -0.2) is 0 Å². The average molecular weight is 189 g/mol. The number of nitro groups is 1. The molecule has 1 unspecified atom stereocenters. The highest BCUT2D eigenvalue weighted by atomic mass is 32.2. The Morgan fingerprint density at radius 3 is 3.00 bits per heavy atom. The van der Waals surface area contributed by atoms with Crippen LogP contribution in [0, 0.1) is 10.1 Å². The summed E-state index contributed by atoms with van der Waals surface area (Å²) in [6.07, 6.45) is 1.49. The van der Waals surface area contributed by atoms with Gasteiger partial charge in [-0.05, 0) is 17.2 Å². The second kappa shape index (κ2) is 3.44. The van der Waals surface area contributed by atoms with E-state index in [4.69, 9.17) is 5.73 Å². The fourth-order valence-electron chi connectivity index (χ4n) is 0.817. The number of nitrogens with two attached hydrogens (primary N) is 1. The molecule has 0 radical (unpaired) electrons. The Balaban J connectivity index is 2.57. The third kappa shape index (κ3) is 1.88. The maximum atomic E-state index is 10.4. The van der Waals surface area contributed by atoms with Crippen LogP contribution in [0.2, 0.25) is 0 Å². The van der Waals surface area contributed by atoms with Crippen molar-refractivity contribution in [2.24, 2.45) is 5.73 Å². The maximum Gasteiger partial charge on any atom is 0.338 e. The minimum Gasteiger partial charge on any atom is -0.368 e. The summed E-state index contributed by atoms with van der Waals surface area (Å²) in [5.74, 6) is -0.575. The van der Waals surface area contributed by atoms with Gasteiger partial charge in [-0.1, -0.05) is 0 Å². The van der Waals surface area contributed by atoms with E-state index in [0.717, 1.165) is 11.8 Å². The summed E-state index contributed by atoms with van der Waals surface area (Å²) in [6, 6.07) is 0. The highest BCUT2D eigenvalue weighted by Crippen LogP contribution is 2.24. The maximum absolute atomic E-state index is 10.4. The molecule has 0 aliphatic carbocycles. The zero-order chi connectivity index (χ0) is 9.14. The van der Waals surface area contributed by atoms with Crippen LogP contribution in [0.1, 0.15) is 0 Å². The molecule has 0 spiro atoms. The zero-order valence-electron chi connectivity index (χ0n) is 6.04. The lowest BCUT2D eigenvalue weighted by molar-refractivity contribution is -0.516. The highest BCUT2D eigenvalue weighted by molar-refractivity contribution is 8.02. The molecule has 2 N–H and O–H groups in total. The largest absolute Gasteiger partial charge is 0.368 e. The minimum absolute atomic E-state index is 0.116. The predicted octanol–water partition coefficient (Wildman–Crippen LogP) is -0.448. The number of carbonyl (C=O) groups excluding carboxylic acids is 1. The summed E-state index contributed by atoms with van der Waals surface area (Å²) < 4.78 is 0. The van der Waals surface area contributed by atoms with E-state index in [9.17, 15) is 14.9 Å². The molecular formula is C5H7N3O3S. The third-order valence-corrected chi connectivity index (χ3v) is 2.22. The van der Waals surface area contributed by atoms with Crippen LogP contribution in [0.3, 0.4) is 0 Å². The molecule has 1 aliphatic rings. The van der Waals surface area contributed by atoms with Crippen LogP contribution in [0.5, 0.6) is 0 Å². The summed E-state index contributed by atoms with van der Waals surface area (Å²) >= 11 is 1.04. The molecule has 1 amide bonds. The molecule has 66 valence electrons. The van der Waals surface area contributed by atoms with Crippen LogP contribution >= 0.6 is 11.8 Å². The molecule has 0 aromatic heterocycles. The van der Waals surface area contributed by atoms with E-state index >= 15 is 0 Å². The summed E-state index contributed by atoms with van der Waals surface area (Å²) in [6.45, 7) is -0.116. The van der Waals surface area contributed by atoms with Crippen LogP contribution in [0.25, 0.3) is 0 Å². The Kier molecular flexibility index (Phi) is 2.54. The molecule has 0 saturated heterocycles. The minimum atomic E-state index is -0.905.